The molecule has 1 aliphatic heterocycles. The van der Waals surface area contributed by atoms with Gasteiger partial charge in [-0.1, -0.05) is 30.3 Å². The number of benzene rings is 2. The summed E-state index contributed by atoms with van der Waals surface area (Å²) in [6.45, 7) is 0.520. The number of halogens is 3. The Labute approximate surface area is 125 Å². The van der Waals surface area contributed by atoms with E-state index in [2.05, 4.69) is 17.4 Å². The molecule has 1 heterocycles. The van der Waals surface area contributed by atoms with Crippen molar-refractivity contribution in [2.24, 2.45) is 0 Å². The summed E-state index contributed by atoms with van der Waals surface area (Å²) < 4.78 is 38.8. The Hall–Kier alpha value is -1.62. The van der Waals surface area contributed by atoms with Crippen LogP contribution in [0.15, 0.2) is 53.4 Å². The third-order valence-electron chi connectivity index (χ3n) is 3.47. The quantitative estimate of drug-likeness (QED) is 0.871. The molecule has 3 rings (SSSR count). The summed E-state index contributed by atoms with van der Waals surface area (Å²) in [4.78, 5) is 1.23. The number of para-hydroxylation sites is 1. The Morgan fingerprint density at radius 2 is 1.76 bits per heavy atom. The zero-order valence-electron chi connectivity index (χ0n) is 11.2. The van der Waals surface area contributed by atoms with Crippen LogP contribution in [0.25, 0.3) is 0 Å². The van der Waals surface area contributed by atoms with Gasteiger partial charge in [-0.05, 0) is 30.2 Å². The summed E-state index contributed by atoms with van der Waals surface area (Å²) in [7, 11) is 0. The zero-order chi connectivity index (χ0) is 14.9. The maximum Gasteiger partial charge on any atom is 0.418 e. The van der Waals surface area contributed by atoms with E-state index in [1.807, 2.05) is 12.1 Å². The SMILES string of the molecule is FC(F)(F)c1ccccc1NCC1Cc2ccccc2S1. The highest BCUT2D eigenvalue weighted by molar-refractivity contribution is 8.00. The number of fused-ring (bicyclic) bond motifs is 1. The van der Waals surface area contributed by atoms with Crippen LogP contribution in [0.1, 0.15) is 11.1 Å². The fourth-order valence-electron chi connectivity index (χ4n) is 2.48. The van der Waals surface area contributed by atoms with Crippen LogP contribution < -0.4 is 5.32 Å². The molecule has 0 amide bonds. The average Bonchev–Trinajstić information content (AvgIpc) is 2.87. The first-order valence-electron chi connectivity index (χ1n) is 6.69. The second kappa shape index (κ2) is 5.64. The lowest BCUT2D eigenvalue weighted by Crippen LogP contribution is -2.18. The summed E-state index contributed by atoms with van der Waals surface area (Å²) >= 11 is 1.73. The molecule has 2 aromatic rings. The van der Waals surface area contributed by atoms with E-state index in [-0.39, 0.29) is 10.9 Å². The highest BCUT2D eigenvalue weighted by Gasteiger charge is 2.33. The van der Waals surface area contributed by atoms with Crippen LogP contribution in [-0.2, 0) is 12.6 Å². The summed E-state index contributed by atoms with van der Waals surface area (Å²) in [5.41, 5.74) is 0.825. The van der Waals surface area contributed by atoms with Gasteiger partial charge in [-0.3, -0.25) is 0 Å². The van der Waals surface area contributed by atoms with Crippen LogP contribution in [0.2, 0.25) is 0 Å². The maximum atomic E-state index is 12.9. The van der Waals surface area contributed by atoms with Crippen molar-refractivity contribution in [1.82, 2.24) is 0 Å². The van der Waals surface area contributed by atoms with Crippen molar-refractivity contribution in [3.8, 4) is 0 Å². The van der Waals surface area contributed by atoms with E-state index in [1.54, 1.807) is 17.8 Å². The topological polar surface area (TPSA) is 12.0 Å². The van der Waals surface area contributed by atoms with Crippen molar-refractivity contribution in [2.45, 2.75) is 22.7 Å². The molecule has 0 bridgehead atoms. The van der Waals surface area contributed by atoms with Crippen molar-refractivity contribution in [2.75, 3.05) is 11.9 Å². The third-order valence-corrected chi connectivity index (χ3v) is 4.79. The van der Waals surface area contributed by atoms with E-state index in [4.69, 9.17) is 0 Å². The second-order valence-corrected chi connectivity index (χ2v) is 6.32. The molecule has 0 radical (unpaired) electrons. The first kappa shape index (κ1) is 14.3. The monoisotopic (exact) mass is 309 g/mol. The summed E-state index contributed by atoms with van der Waals surface area (Å²) in [6, 6.07) is 13.7. The van der Waals surface area contributed by atoms with Gasteiger partial charge >= 0.3 is 6.18 Å². The Morgan fingerprint density at radius 3 is 2.52 bits per heavy atom. The fourth-order valence-corrected chi connectivity index (χ4v) is 3.72. The molecule has 110 valence electrons. The maximum absolute atomic E-state index is 12.9. The van der Waals surface area contributed by atoms with Crippen LogP contribution in [0, 0.1) is 0 Å². The number of anilines is 1. The Kier molecular flexibility index (Phi) is 3.85. The summed E-state index contributed by atoms with van der Waals surface area (Å²) in [6.07, 6.45) is -3.43. The van der Waals surface area contributed by atoms with Crippen LogP contribution in [-0.4, -0.2) is 11.8 Å². The van der Waals surface area contributed by atoms with Crippen molar-refractivity contribution < 1.29 is 13.2 Å². The molecular formula is C16H14F3NS. The highest BCUT2D eigenvalue weighted by atomic mass is 32.2. The third kappa shape index (κ3) is 3.18. The van der Waals surface area contributed by atoms with Crippen molar-refractivity contribution in [3.63, 3.8) is 0 Å². The van der Waals surface area contributed by atoms with E-state index < -0.39 is 11.7 Å². The van der Waals surface area contributed by atoms with E-state index >= 15 is 0 Å². The van der Waals surface area contributed by atoms with Gasteiger partial charge in [-0.25, -0.2) is 0 Å². The van der Waals surface area contributed by atoms with Crippen molar-refractivity contribution in [3.05, 3.63) is 59.7 Å². The number of hydrogen-bond acceptors (Lipinski definition) is 2. The first-order valence-corrected chi connectivity index (χ1v) is 7.56. The predicted octanol–water partition coefficient (Wildman–Crippen LogP) is 4.83. The molecule has 0 spiro atoms. The van der Waals surface area contributed by atoms with Crippen LogP contribution >= 0.6 is 11.8 Å². The van der Waals surface area contributed by atoms with Gasteiger partial charge in [0.2, 0.25) is 0 Å². The molecule has 1 N–H and O–H groups in total. The minimum atomic E-state index is -4.32. The number of rotatable bonds is 3. The molecule has 1 aliphatic rings. The van der Waals surface area contributed by atoms with Gasteiger partial charge in [0.25, 0.3) is 0 Å². The number of alkyl halides is 3. The lowest BCUT2D eigenvalue weighted by molar-refractivity contribution is -0.136. The second-order valence-electron chi connectivity index (χ2n) is 4.98. The lowest BCUT2D eigenvalue weighted by Gasteiger charge is -2.16. The Bertz CT molecular complexity index is 614. The highest BCUT2D eigenvalue weighted by Crippen LogP contribution is 2.38. The first-order chi connectivity index (χ1) is 10.0. The Morgan fingerprint density at radius 1 is 1.05 bits per heavy atom. The van der Waals surface area contributed by atoms with Crippen LogP contribution in [0.4, 0.5) is 18.9 Å². The van der Waals surface area contributed by atoms with E-state index in [0.717, 1.165) is 12.5 Å². The van der Waals surface area contributed by atoms with Gasteiger partial charge in [0.1, 0.15) is 0 Å². The van der Waals surface area contributed by atoms with Gasteiger partial charge in [-0.2, -0.15) is 13.2 Å². The number of nitrogens with one attached hydrogen (secondary N) is 1. The average molecular weight is 309 g/mol. The van der Waals surface area contributed by atoms with Crippen molar-refractivity contribution in [1.29, 1.82) is 0 Å². The summed E-state index contributed by atoms with van der Waals surface area (Å²) in [5.74, 6) is 0. The minimum Gasteiger partial charge on any atom is -0.383 e. The summed E-state index contributed by atoms with van der Waals surface area (Å²) in [5, 5.41) is 3.22. The molecule has 21 heavy (non-hydrogen) atoms. The molecule has 2 aromatic carbocycles. The smallest absolute Gasteiger partial charge is 0.383 e. The van der Waals surface area contributed by atoms with Gasteiger partial charge in [0.05, 0.1) is 5.56 Å². The predicted molar refractivity (Wildman–Crippen MR) is 79.7 cm³/mol. The molecule has 0 fully saturated rings. The van der Waals surface area contributed by atoms with Gasteiger partial charge < -0.3 is 5.32 Å². The largest absolute Gasteiger partial charge is 0.418 e. The molecule has 5 heteroatoms. The van der Waals surface area contributed by atoms with Crippen LogP contribution in [0.5, 0.6) is 0 Å². The van der Waals surface area contributed by atoms with Crippen LogP contribution in [0.3, 0.4) is 0 Å². The molecule has 0 aromatic heterocycles. The zero-order valence-corrected chi connectivity index (χ0v) is 12.0. The normalized spacial score (nSPS) is 17.6. The van der Waals surface area contributed by atoms with Gasteiger partial charge in [0, 0.05) is 22.4 Å². The van der Waals surface area contributed by atoms with Gasteiger partial charge in [0.15, 0.2) is 0 Å². The minimum absolute atomic E-state index is 0.154. The lowest BCUT2D eigenvalue weighted by atomic mass is 10.1. The molecule has 1 unspecified atom stereocenters. The van der Waals surface area contributed by atoms with Crippen molar-refractivity contribution >= 4 is 17.4 Å². The van der Waals surface area contributed by atoms with Gasteiger partial charge in [-0.15, -0.1) is 11.8 Å². The van der Waals surface area contributed by atoms with E-state index in [1.165, 1.54) is 22.6 Å². The molecule has 1 atom stereocenters. The van der Waals surface area contributed by atoms with E-state index in [9.17, 15) is 13.2 Å². The molecule has 0 saturated carbocycles. The Balaban J connectivity index is 1.68. The molecule has 1 nitrogen and oxygen atoms in total. The molecular weight excluding hydrogens is 295 g/mol. The number of thioether (sulfide) groups is 1. The fraction of sp³-hybridized carbons (Fsp3) is 0.250. The standard InChI is InChI=1S/C16H14F3NS/c17-16(18,19)13-6-2-3-7-14(13)20-10-12-9-11-5-1-4-8-15(11)21-12/h1-8,12,20H,9-10H2. The number of hydrogen-bond donors (Lipinski definition) is 1. The molecule has 0 saturated heterocycles. The molecule has 0 aliphatic carbocycles. The van der Waals surface area contributed by atoms with E-state index in [0.29, 0.717) is 6.54 Å².